The van der Waals surface area contributed by atoms with Crippen LogP contribution in [0.25, 0.3) is 0 Å². The maximum atomic E-state index is 12.8. The average molecular weight is 512 g/mol. The zero-order valence-corrected chi connectivity index (χ0v) is 19.4. The van der Waals surface area contributed by atoms with Crippen LogP contribution in [0.3, 0.4) is 0 Å². The van der Waals surface area contributed by atoms with Crippen LogP contribution in [0.1, 0.15) is 33.5 Å². The van der Waals surface area contributed by atoms with Crippen LogP contribution < -0.4 is 21.7 Å². The standard InChI is InChI=1S/C24H23F3N8O2/c25-24(26,27)15-2-3-19(31-10-15)34-20-7-18(17(11-32-20)22(29)37)23(30)5-6-35(12-16(23)13-36)21-4-1-14(8-28)9-33-21/h1-4,7,9-11,16,36H,5-6,12-13,30H2,(H2,29,37)(H,31,32,34)/t16-,23-/m1/s1. The largest absolute Gasteiger partial charge is 0.417 e. The molecule has 2 atom stereocenters. The van der Waals surface area contributed by atoms with E-state index in [0.717, 1.165) is 12.1 Å². The normalized spacial score (nSPS) is 19.8. The van der Waals surface area contributed by atoms with Gasteiger partial charge in [0.25, 0.3) is 5.91 Å². The number of piperidine rings is 1. The fraction of sp³-hybridized carbons (Fsp3) is 0.292. The van der Waals surface area contributed by atoms with E-state index in [1.54, 1.807) is 12.1 Å². The molecule has 0 bridgehead atoms. The first-order valence-corrected chi connectivity index (χ1v) is 11.2. The highest BCUT2D eigenvalue weighted by molar-refractivity contribution is 5.94. The van der Waals surface area contributed by atoms with Gasteiger partial charge < -0.3 is 26.8 Å². The summed E-state index contributed by atoms with van der Waals surface area (Å²) in [5, 5.41) is 22.1. The number of carbonyl (C=O) groups excluding carboxylic acids is 1. The van der Waals surface area contributed by atoms with Gasteiger partial charge >= 0.3 is 6.18 Å². The summed E-state index contributed by atoms with van der Waals surface area (Å²) in [4.78, 5) is 26.4. The van der Waals surface area contributed by atoms with Crippen molar-refractivity contribution in [3.05, 3.63) is 71.2 Å². The summed E-state index contributed by atoms with van der Waals surface area (Å²) >= 11 is 0. The summed E-state index contributed by atoms with van der Waals surface area (Å²) in [6.45, 7) is 0.415. The Hall–Kier alpha value is -4.28. The molecule has 4 rings (SSSR count). The molecule has 0 radical (unpaired) electrons. The SMILES string of the molecule is N#Cc1ccc(N2CC[C@](N)(c3cc(Nc4ccc(C(F)(F)F)cn4)ncc3C(N)=O)[C@@H](CO)C2)nc1. The summed E-state index contributed by atoms with van der Waals surface area (Å²) in [6.07, 6.45) is -0.827. The first-order chi connectivity index (χ1) is 17.5. The highest BCUT2D eigenvalue weighted by Crippen LogP contribution is 2.39. The van der Waals surface area contributed by atoms with Crippen molar-refractivity contribution in [2.24, 2.45) is 17.4 Å². The van der Waals surface area contributed by atoms with Gasteiger partial charge in [-0.2, -0.15) is 18.4 Å². The Kier molecular flexibility index (Phi) is 6.97. The number of amides is 1. The van der Waals surface area contributed by atoms with Crippen LogP contribution in [0.4, 0.5) is 30.6 Å². The number of primary amides is 1. The predicted octanol–water partition coefficient (Wildman–Crippen LogP) is 2.28. The lowest BCUT2D eigenvalue weighted by Crippen LogP contribution is -2.57. The third-order valence-electron chi connectivity index (χ3n) is 6.40. The Balaban J connectivity index is 1.63. The lowest BCUT2D eigenvalue weighted by molar-refractivity contribution is -0.137. The molecule has 0 unspecified atom stereocenters. The van der Waals surface area contributed by atoms with Gasteiger partial charge in [-0.3, -0.25) is 4.79 Å². The van der Waals surface area contributed by atoms with E-state index in [2.05, 4.69) is 20.3 Å². The van der Waals surface area contributed by atoms with Crippen molar-refractivity contribution in [1.29, 1.82) is 5.26 Å². The van der Waals surface area contributed by atoms with Gasteiger partial charge in [0.1, 0.15) is 23.5 Å². The maximum absolute atomic E-state index is 12.8. The van der Waals surface area contributed by atoms with Gasteiger partial charge in [0, 0.05) is 44.2 Å². The topological polar surface area (TPSA) is 167 Å². The van der Waals surface area contributed by atoms with Gasteiger partial charge in [0.05, 0.1) is 22.2 Å². The molecule has 0 spiro atoms. The molecule has 6 N–H and O–H groups in total. The minimum Gasteiger partial charge on any atom is -0.396 e. The average Bonchev–Trinajstić information content (AvgIpc) is 2.88. The molecule has 13 heteroatoms. The van der Waals surface area contributed by atoms with Crippen molar-refractivity contribution in [1.82, 2.24) is 15.0 Å². The van der Waals surface area contributed by atoms with Gasteiger partial charge in [-0.05, 0) is 42.3 Å². The van der Waals surface area contributed by atoms with Gasteiger partial charge in [-0.15, -0.1) is 0 Å². The summed E-state index contributed by atoms with van der Waals surface area (Å²) in [5.74, 6) is -0.412. The number of rotatable bonds is 6. The second-order valence-electron chi connectivity index (χ2n) is 8.67. The van der Waals surface area contributed by atoms with E-state index in [9.17, 15) is 23.1 Å². The number of aliphatic hydroxyl groups excluding tert-OH is 1. The number of halogens is 3. The number of nitrogens with one attached hydrogen (secondary N) is 1. The summed E-state index contributed by atoms with van der Waals surface area (Å²) in [6, 6.07) is 8.89. The zero-order valence-electron chi connectivity index (χ0n) is 19.4. The van der Waals surface area contributed by atoms with Crippen LogP contribution in [0, 0.1) is 17.2 Å². The lowest BCUT2D eigenvalue weighted by Gasteiger charge is -2.46. The van der Waals surface area contributed by atoms with E-state index in [1.165, 1.54) is 18.5 Å². The minimum absolute atomic E-state index is 0.0665. The molecule has 192 valence electrons. The third-order valence-corrected chi connectivity index (χ3v) is 6.40. The highest BCUT2D eigenvalue weighted by Gasteiger charge is 2.43. The second kappa shape index (κ2) is 10.00. The quantitative estimate of drug-likeness (QED) is 0.387. The van der Waals surface area contributed by atoms with Crippen molar-refractivity contribution in [2.75, 3.05) is 29.9 Å². The molecular formula is C24H23F3N8O2. The van der Waals surface area contributed by atoms with Crippen LogP contribution in [-0.4, -0.2) is 45.7 Å². The number of anilines is 3. The van der Waals surface area contributed by atoms with E-state index in [1.807, 2.05) is 11.0 Å². The Morgan fingerprint density at radius 2 is 1.95 bits per heavy atom. The number of nitriles is 1. The van der Waals surface area contributed by atoms with Crippen molar-refractivity contribution < 1.29 is 23.1 Å². The molecular weight excluding hydrogens is 489 g/mol. The van der Waals surface area contributed by atoms with E-state index in [0.29, 0.717) is 42.7 Å². The zero-order chi connectivity index (χ0) is 26.8. The summed E-state index contributed by atoms with van der Waals surface area (Å²) < 4.78 is 38.5. The molecule has 4 heterocycles. The smallest absolute Gasteiger partial charge is 0.396 e. The summed E-state index contributed by atoms with van der Waals surface area (Å²) in [7, 11) is 0. The van der Waals surface area contributed by atoms with Gasteiger partial charge in [0.2, 0.25) is 0 Å². The fourth-order valence-corrected chi connectivity index (χ4v) is 4.34. The van der Waals surface area contributed by atoms with Crippen molar-refractivity contribution in [2.45, 2.75) is 18.1 Å². The maximum Gasteiger partial charge on any atom is 0.417 e. The number of alkyl halides is 3. The Labute approximate surface area is 209 Å². The molecule has 0 saturated carbocycles. The van der Waals surface area contributed by atoms with Crippen molar-refractivity contribution in [3.63, 3.8) is 0 Å². The molecule has 1 amide bonds. The first-order valence-electron chi connectivity index (χ1n) is 11.2. The number of carbonyl (C=O) groups is 1. The molecule has 1 aliphatic rings. The lowest BCUT2D eigenvalue weighted by atomic mass is 9.72. The monoisotopic (exact) mass is 512 g/mol. The molecule has 0 aromatic carbocycles. The van der Waals surface area contributed by atoms with Crippen molar-refractivity contribution in [3.8, 4) is 6.07 Å². The van der Waals surface area contributed by atoms with E-state index >= 15 is 0 Å². The fourth-order valence-electron chi connectivity index (χ4n) is 4.34. The molecule has 10 nitrogen and oxygen atoms in total. The highest BCUT2D eigenvalue weighted by atomic mass is 19.4. The molecule has 0 aliphatic carbocycles. The number of hydrogen-bond acceptors (Lipinski definition) is 9. The Morgan fingerprint density at radius 3 is 2.51 bits per heavy atom. The number of nitrogens with zero attached hydrogens (tertiary/aromatic N) is 5. The predicted molar refractivity (Wildman–Crippen MR) is 127 cm³/mol. The molecule has 1 aliphatic heterocycles. The number of aromatic nitrogens is 3. The van der Waals surface area contributed by atoms with E-state index in [4.69, 9.17) is 16.7 Å². The van der Waals surface area contributed by atoms with Crippen LogP contribution >= 0.6 is 0 Å². The number of aliphatic hydroxyl groups is 1. The van der Waals surface area contributed by atoms with E-state index < -0.39 is 29.1 Å². The number of hydrogen-bond donors (Lipinski definition) is 4. The van der Waals surface area contributed by atoms with Crippen LogP contribution in [0.5, 0.6) is 0 Å². The number of pyridine rings is 3. The van der Waals surface area contributed by atoms with Crippen LogP contribution in [0.15, 0.2) is 48.9 Å². The van der Waals surface area contributed by atoms with Gasteiger partial charge in [0.15, 0.2) is 0 Å². The second-order valence-corrected chi connectivity index (χ2v) is 8.67. The van der Waals surface area contributed by atoms with E-state index in [-0.39, 0.29) is 23.8 Å². The van der Waals surface area contributed by atoms with Crippen molar-refractivity contribution >= 4 is 23.4 Å². The van der Waals surface area contributed by atoms with Crippen LogP contribution in [0.2, 0.25) is 0 Å². The van der Waals surface area contributed by atoms with Crippen LogP contribution in [-0.2, 0) is 11.7 Å². The molecule has 3 aromatic rings. The summed E-state index contributed by atoms with van der Waals surface area (Å²) in [5.41, 5.74) is 11.2. The molecule has 1 fully saturated rings. The van der Waals surface area contributed by atoms with Gasteiger partial charge in [-0.1, -0.05) is 0 Å². The Bertz CT molecular complexity index is 1330. The molecule has 37 heavy (non-hydrogen) atoms. The van der Waals surface area contributed by atoms with Gasteiger partial charge in [-0.25, -0.2) is 15.0 Å². The molecule has 3 aromatic heterocycles. The first kappa shape index (κ1) is 25.8. The third kappa shape index (κ3) is 5.30. The Morgan fingerprint density at radius 1 is 1.19 bits per heavy atom. The molecule has 1 saturated heterocycles. The number of nitrogens with two attached hydrogens (primary N) is 2. The minimum atomic E-state index is -4.52.